The maximum absolute atomic E-state index is 9.29. The van der Waals surface area contributed by atoms with Gasteiger partial charge in [0.05, 0.1) is 13.2 Å². The Kier molecular flexibility index (Phi) is 5.42. The van der Waals surface area contributed by atoms with Gasteiger partial charge in [-0.05, 0) is 19.3 Å². The minimum atomic E-state index is 0.132. The van der Waals surface area contributed by atoms with Gasteiger partial charge < -0.3 is 15.6 Å². The molecule has 0 spiro atoms. The van der Waals surface area contributed by atoms with E-state index in [0.29, 0.717) is 12.6 Å². The quantitative estimate of drug-likeness (QED) is 0.744. The van der Waals surface area contributed by atoms with Crippen molar-refractivity contribution in [3.8, 4) is 0 Å². The van der Waals surface area contributed by atoms with Crippen LogP contribution in [0.3, 0.4) is 0 Å². The minimum Gasteiger partial charge on any atom is -0.395 e. The summed E-state index contributed by atoms with van der Waals surface area (Å²) in [6, 6.07) is 0.648. The number of ether oxygens (including phenoxy) is 1. The van der Waals surface area contributed by atoms with E-state index in [1.54, 1.807) is 0 Å². The molecule has 2 rings (SSSR count). The van der Waals surface area contributed by atoms with Crippen molar-refractivity contribution in [1.29, 1.82) is 0 Å². The largest absolute Gasteiger partial charge is 0.395 e. The molecule has 2 fully saturated rings. The number of aliphatic hydroxyl groups is 1. The molecule has 0 aromatic rings. The van der Waals surface area contributed by atoms with Crippen molar-refractivity contribution in [1.82, 2.24) is 4.90 Å². The summed E-state index contributed by atoms with van der Waals surface area (Å²) in [5.74, 6) is 0. The molecule has 1 saturated carbocycles. The van der Waals surface area contributed by atoms with Gasteiger partial charge in [0.2, 0.25) is 0 Å². The monoisotopic (exact) mass is 256 g/mol. The van der Waals surface area contributed by atoms with Gasteiger partial charge in [-0.1, -0.05) is 19.3 Å². The molecule has 1 saturated heterocycles. The van der Waals surface area contributed by atoms with Crippen LogP contribution in [-0.4, -0.2) is 55.5 Å². The van der Waals surface area contributed by atoms with Crippen LogP contribution in [0.1, 0.15) is 38.5 Å². The van der Waals surface area contributed by atoms with E-state index >= 15 is 0 Å². The van der Waals surface area contributed by atoms with E-state index in [1.807, 2.05) is 0 Å². The van der Waals surface area contributed by atoms with Crippen molar-refractivity contribution in [2.45, 2.75) is 44.6 Å². The van der Waals surface area contributed by atoms with Gasteiger partial charge in [-0.2, -0.15) is 0 Å². The molecule has 3 N–H and O–H groups in total. The summed E-state index contributed by atoms with van der Waals surface area (Å²) in [6.45, 7) is 4.35. The topological polar surface area (TPSA) is 58.7 Å². The minimum absolute atomic E-state index is 0.132. The lowest BCUT2D eigenvalue weighted by atomic mass is 9.85. The molecule has 1 heterocycles. The second-order valence-electron chi connectivity index (χ2n) is 5.99. The zero-order valence-electron chi connectivity index (χ0n) is 11.4. The molecular weight excluding hydrogens is 228 g/mol. The van der Waals surface area contributed by atoms with Crippen LogP contribution in [0.4, 0.5) is 0 Å². The Hall–Kier alpha value is -0.160. The molecule has 0 amide bonds. The van der Waals surface area contributed by atoms with Crippen molar-refractivity contribution < 1.29 is 9.84 Å². The maximum Gasteiger partial charge on any atom is 0.0558 e. The lowest BCUT2D eigenvalue weighted by molar-refractivity contribution is 0.0625. The number of rotatable bonds is 6. The molecule has 2 aliphatic rings. The number of aliphatic hydroxyl groups excluding tert-OH is 1. The van der Waals surface area contributed by atoms with Crippen molar-refractivity contribution in [2.75, 3.05) is 39.5 Å². The molecule has 1 aliphatic heterocycles. The van der Waals surface area contributed by atoms with Gasteiger partial charge in [-0.15, -0.1) is 0 Å². The first-order valence-electron chi connectivity index (χ1n) is 7.42. The van der Waals surface area contributed by atoms with E-state index in [9.17, 15) is 5.11 Å². The zero-order chi connectivity index (χ0) is 12.8. The molecule has 0 aromatic heterocycles. The molecule has 1 aliphatic carbocycles. The van der Waals surface area contributed by atoms with Gasteiger partial charge in [0.25, 0.3) is 0 Å². The van der Waals surface area contributed by atoms with E-state index in [0.717, 1.165) is 32.7 Å². The summed E-state index contributed by atoms with van der Waals surface area (Å²) >= 11 is 0. The second-order valence-corrected chi connectivity index (χ2v) is 5.99. The van der Waals surface area contributed by atoms with E-state index in [4.69, 9.17) is 10.5 Å². The Morgan fingerprint density at radius 2 is 2.06 bits per heavy atom. The Labute approximate surface area is 110 Å². The van der Waals surface area contributed by atoms with Crippen molar-refractivity contribution in [3.05, 3.63) is 0 Å². The lowest BCUT2D eigenvalue weighted by Gasteiger charge is -2.39. The molecule has 1 unspecified atom stereocenters. The summed E-state index contributed by atoms with van der Waals surface area (Å²) in [4.78, 5) is 2.47. The van der Waals surface area contributed by atoms with Gasteiger partial charge in [0.1, 0.15) is 0 Å². The third-order valence-corrected chi connectivity index (χ3v) is 4.63. The molecule has 4 nitrogen and oxygen atoms in total. The average molecular weight is 256 g/mol. The highest BCUT2D eigenvalue weighted by Crippen LogP contribution is 2.31. The molecule has 1 atom stereocenters. The zero-order valence-corrected chi connectivity index (χ0v) is 11.4. The third kappa shape index (κ3) is 3.44. The first-order chi connectivity index (χ1) is 8.79. The predicted octanol–water partition coefficient (Wildman–Crippen LogP) is 0.979. The first-order valence-corrected chi connectivity index (χ1v) is 7.42. The fourth-order valence-electron chi connectivity index (χ4n) is 3.40. The summed E-state index contributed by atoms with van der Waals surface area (Å²) in [5, 5.41) is 9.29. The van der Waals surface area contributed by atoms with Crippen molar-refractivity contribution in [3.63, 3.8) is 0 Å². The van der Waals surface area contributed by atoms with Gasteiger partial charge in [0.15, 0.2) is 0 Å². The van der Waals surface area contributed by atoms with Crippen LogP contribution >= 0.6 is 0 Å². The molecule has 106 valence electrons. The van der Waals surface area contributed by atoms with Crippen LogP contribution in [0.25, 0.3) is 0 Å². The van der Waals surface area contributed by atoms with Crippen molar-refractivity contribution in [2.24, 2.45) is 11.1 Å². The van der Waals surface area contributed by atoms with Crippen molar-refractivity contribution >= 4 is 0 Å². The van der Waals surface area contributed by atoms with Crippen LogP contribution < -0.4 is 5.73 Å². The van der Waals surface area contributed by atoms with Crippen LogP contribution in [0.2, 0.25) is 0 Å². The normalized spacial score (nSPS) is 30.2. The Balaban J connectivity index is 1.95. The fourth-order valence-corrected chi connectivity index (χ4v) is 3.40. The highest BCUT2D eigenvalue weighted by Gasteiger charge is 2.37. The molecule has 18 heavy (non-hydrogen) atoms. The maximum atomic E-state index is 9.29. The lowest BCUT2D eigenvalue weighted by Crippen LogP contribution is -2.48. The summed E-state index contributed by atoms with van der Waals surface area (Å²) in [6.07, 6.45) is 7.66. The third-order valence-electron chi connectivity index (χ3n) is 4.63. The first kappa shape index (κ1) is 14.3. The Bertz CT molecular complexity index is 236. The average Bonchev–Trinajstić information content (AvgIpc) is 2.89. The van der Waals surface area contributed by atoms with E-state index < -0.39 is 0 Å². The van der Waals surface area contributed by atoms with Gasteiger partial charge >= 0.3 is 0 Å². The smallest absolute Gasteiger partial charge is 0.0558 e. The number of nitrogens with zero attached hydrogens (tertiary/aromatic N) is 1. The fraction of sp³-hybridized carbons (Fsp3) is 1.00. The molecule has 0 aromatic carbocycles. The van der Waals surface area contributed by atoms with Crippen LogP contribution in [0.5, 0.6) is 0 Å². The second kappa shape index (κ2) is 6.85. The highest BCUT2D eigenvalue weighted by molar-refractivity contribution is 4.89. The van der Waals surface area contributed by atoms with Crippen LogP contribution in [-0.2, 0) is 4.74 Å². The summed E-state index contributed by atoms with van der Waals surface area (Å²) in [5.41, 5.74) is 6.11. The van der Waals surface area contributed by atoms with Crippen LogP contribution in [0, 0.1) is 5.41 Å². The molecule has 0 radical (unpaired) electrons. The van der Waals surface area contributed by atoms with Gasteiger partial charge in [-0.25, -0.2) is 0 Å². The summed E-state index contributed by atoms with van der Waals surface area (Å²) in [7, 11) is 0. The van der Waals surface area contributed by atoms with E-state index in [1.165, 1.54) is 32.1 Å². The number of nitrogens with two attached hydrogens (primary N) is 1. The predicted molar refractivity (Wildman–Crippen MR) is 72.5 cm³/mol. The molecule has 0 bridgehead atoms. The van der Waals surface area contributed by atoms with E-state index in [-0.39, 0.29) is 12.0 Å². The number of hydrogen-bond acceptors (Lipinski definition) is 4. The Morgan fingerprint density at radius 1 is 1.28 bits per heavy atom. The number of hydrogen-bond donors (Lipinski definition) is 2. The Morgan fingerprint density at radius 3 is 2.61 bits per heavy atom. The SMILES string of the molecule is NCC1(CN(CCO)C2CCCCC2)CCOC1. The van der Waals surface area contributed by atoms with E-state index in [2.05, 4.69) is 4.90 Å². The molecular formula is C14H28N2O2. The highest BCUT2D eigenvalue weighted by atomic mass is 16.5. The van der Waals surface area contributed by atoms with Gasteiger partial charge in [0, 0.05) is 37.7 Å². The molecule has 4 heteroatoms. The standard InChI is InChI=1S/C14H28N2O2/c15-10-14(6-9-18-12-14)11-16(7-8-17)13-4-2-1-3-5-13/h13,17H,1-12,15H2. The summed E-state index contributed by atoms with van der Waals surface area (Å²) < 4.78 is 5.55. The van der Waals surface area contributed by atoms with Crippen LogP contribution in [0.15, 0.2) is 0 Å². The van der Waals surface area contributed by atoms with Gasteiger partial charge in [-0.3, -0.25) is 4.90 Å².